The Kier molecular flexibility index (Phi) is 5.44. The highest BCUT2D eigenvalue weighted by Crippen LogP contribution is 2.29. The maximum absolute atomic E-state index is 12.2. The molecule has 1 saturated carbocycles. The predicted octanol–water partition coefficient (Wildman–Crippen LogP) is 0.447. The van der Waals surface area contributed by atoms with Crippen LogP contribution in [-0.4, -0.2) is 31.1 Å². The first-order chi connectivity index (χ1) is 10.9. The third-order valence-electron chi connectivity index (χ3n) is 4.00. The van der Waals surface area contributed by atoms with E-state index >= 15 is 0 Å². The minimum atomic E-state index is -0.741. The lowest BCUT2D eigenvalue weighted by Gasteiger charge is -2.22. The van der Waals surface area contributed by atoms with Gasteiger partial charge in [-0.1, -0.05) is 18.9 Å². The Labute approximate surface area is 135 Å². The van der Waals surface area contributed by atoms with E-state index in [2.05, 4.69) is 5.32 Å². The smallest absolute Gasteiger partial charge is 0.255 e. The van der Waals surface area contributed by atoms with Gasteiger partial charge in [0.15, 0.2) is 18.1 Å². The Morgan fingerprint density at radius 3 is 2.57 bits per heavy atom. The van der Waals surface area contributed by atoms with Crippen molar-refractivity contribution < 1.29 is 19.1 Å². The summed E-state index contributed by atoms with van der Waals surface area (Å²) >= 11 is 0. The first-order valence-electron chi connectivity index (χ1n) is 7.60. The number of benzene rings is 1. The summed E-state index contributed by atoms with van der Waals surface area (Å²) in [5, 5.41) is 2.87. The van der Waals surface area contributed by atoms with Crippen LogP contribution in [0.1, 0.15) is 31.2 Å². The summed E-state index contributed by atoms with van der Waals surface area (Å²) in [7, 11) is 1.50. The van der Waals surface area contributed by atoms with Gasteiger partial charge in [0.05, 0.1) is 12.6 Å². The Hall–Kier alpha value is -2.28. The Morgan fingerprint density at radius 1 is 1.26 bits per heavy atom. The molecule has 0 bridgehead atoms. The molecule has 2 rings (SSSR count). The normalized spacial score (nSPS) is 15.9. The van der Waals surface area contributed by atoms with Crippen LogP contribution in [0.4, 0.5) is 0 Å². The van der Waals surface area contributed by atoms with Gasteiger partial charge in [-0.3, -0.25) is 9.59 Å². The molecule has 23 heavy (non-hydrogen) atoms. The lowest BCUT2D eigenvalue weighted by Crippen LogP contribution is -2.51. The van der Waals surface area contributed by atoms with Crippen molar-refractivity contribution in [3.8, 4) is 11.5 Å². The quantitative estimate of drug-likeness (QED) is 0.674. The highest BCUT2D eigenvalue weighted by Gasteiger charge is 2.36. The van der Waals surface area contributed by atoms with Crippen LogP contribution >= 0.6 is 0 Å². The SMILES string of the molecule is COc1cc(CNC(=O)C2(N)CCCC2)ccc1OCC(N)=O. The van der Waals surface area contributed by atoms with Gasteiger partial charge in [-0.2, -0.15) is 0 Å². The van der Waals surface area contributed by atoms with E-state index < -0.39 is 11.4 Å². The summed E-state index contributed by atoms with van der Waals surface area (Å²) < 4.78 is 10.5. The number of rotatable bonds is 7. The second-order valence-electron chi connectivity index (χ2n) is 5.79. The zero-order chi connectivity index (χ0) is 16.9. The number of hydrogen-bond donors (Lipinski definition) is 3. The van der Waals surface area contributed by atoms with Crippen LogP contribution < -0.4 is 26.3 Å². The summed E-state index contributed by atoms with van der Waals surface area (Å²) in [5.41, 5.74) is 11.3. The van der Waals surface area contributed by atoms with Crippen LogP contribution in [0.3, 0.4) is 0 Å². The van der Waals surface area contributed by atoms with E-state index in [-0.39, 0.29) is 12.5 Å². The second-order valence-corrected chi connectivity index (χ2v) is 5.79. The molecule has 7 nitrogen and oxygen atoms in total. The van der Waals surface area contributed by atoms with E-state index in [9.17, 15) is 9.59 Å². The molecule has 0 unspecified atom stereocenters. The topological polar surface area (TPSA) is 117 Å². The van der Waals surface area contributed by atoms with E-state index in [0.29, 0.717) is 18.0 Å². The molecule has 1 aliphatic carbocycles. The Balaban J connectivity index is 1.97. The lowest BCUT2D eigenvalue weighted by molar-refractivity contribution is -0.126. The van der Waals surface area contributed by atoms with Crippen molar-refractivity contribution in [3.63, 3.8) is 0 Å². The fourth-order valence-corrected chi connectivity index (χ4v) is 2.68. The van der Waals surface area contributed by atoms with Crippen LogP contribution in [-0.2, 0) is 16.1 Å². The molecule has 0 atom stereocenters. The van der Waals surface area contributed by atoms with Crippen LogP contribution in [0.25, 0.3) is 0 Å². The molecule has 0 aliphatic heterocycles. The van der Waals surface area contributed by atoms with E-state index in [1.54, 1.807) is 18.2 Å². The molecular formula is C16H23N3O4. The minimum absolute atomic E-state index is 0.122. The lowest BCUT2D eigenvalue weighted by atomic mass is 9.98. The van der Waals surface area contributed by atoms with Crippen LogP contribution in [0.15, 0.2) is 18.2 Å². The van der Waals surface area contributed by atoms with E-state index in [1.165, 1.54) is 7.11 Å². The molecule has 5 N–H and O–H groups in total. The highest BCUT2D eigenvalue weighted by molar-refractivity contribution is 5.86. The van der Waals surface area contributed by atoms with Crippen molar-refractivity contribution in [2.45, 2.75) is 37.8 Å². The number of nitrogens with two attached hydrogens (primary N) is 2. The number of amides is 2. The van der Waals surface area contributed by atoms with Crippen molar-refractivity contribution in [3.05, 3.63) is 23.8 Å². The fourth-order valence-electron chi connectivity index (χ4n) is 2.68. The van der Waals surface area contributed by atoms with Crippen molar-refractivity contribution in [1.82, 2.24) is 5.32 Å². The molecule has 126 valence electrons. The minimum Gasteiger partial charge on any atom is -0.493 e. The van der Waals surface area contributed by atoms with Crippen molar-refractivity contribution >= 4 is 11.8 Å². The molecular weight excluding hydrogens is 298 g/mol. The number of ether oxygens (including phenoxy) is 2. The fraction of sp³-hybridized carbons (Fsp3) is 0.500. The molecule has 1 fully saturated rings. The number of nitrogens with one attached hydrogen (secondary N) is 1. The number of carbonyl (C=O) groups is 2. The number of hydrogen-bond acceptors (Lipinski definition) is 5. The van der Waals surface area contributed by atoms with Gasteiger partial charge in [0.1, 0.15) is 0 Å². The summed E-state index contributed by atoms with van der Waals surface area (Å²) in [4.78, 5) is 23.0. The van der Waals surface area contributed by atoms with Gasteiger partial charge in [-0.05, 0) is 30.5 Å². The Morgan fingerprint density at radius 2 is 1.96 bits per heavy atom. The number of carbonyl (C=O) groups excluding carboxylic acids is 2. The van der Waals surface area contributed by atoms with Gasteiger partial charge >= 0.3 is 0 Å². The third-order valence-corrected chi connectivity index (χ3v) is 4.00. The molecule has 0 aromatic heterocycles. The maximum Gasteiger partial charge on any atom is 0.255 e. The van der Waals surface area contributed by atoms with E-state index in [1.807, 2.05) is 0 Å². The van der Waals surface area contributed by atoms with Gasteiger partial charge in [-0.15, -0.1) is 0 Å². The molecule has 0 heterocycles. The largest absolute Gasteiger partial charge is 0.493 e. The van der Waals surface area contributed by atoms with Crippen molar-refractivity contribution in [2.24, 2.45) is 11.5 Å². The molecule has 1 aromatic rings. The van der Waals surface area contributed by atoms with E-state index in [0.717, 1.165) is 31.2 Å². The number of methoxy groups -OCH3 is 1. The summed E-state index contributed by atoms with van der Waals surface area (Å²) in [6.07, 6.45) is 3.43. The van der Waals surface area contributed by atoms with E-state index in [4.69, 9.17) is 20.9 Å². The van der Waals surface area contributed by atoms with Gasteiger partial charge in [-0.25, -0.2) is 0 Å². The maximum atomic E-state index is 12.2. The van der Waals surface area contributed by atoms with Crippen molar-refractivity contribution in [1.29, 1.82) is 0 Å². The standard InChI is InChI=1S/C16H23N3O4/c1-22-13-8-11(4-5-12(13)23-10-14(17)20)9-19-15(21)16(18)6-2-3-7-16/h4-5,8H,2-3,6-7,9-10,18H2,1H3,(H2,17,20)(H,19,21). The van der Waals surface area contributed by atoms with Crippen LogP contribution in [0.5, 0.6) is 11.5 Å². The molecule has 7 heteroatoms. The van der Waals surface area contributed by atoms with Gasteiger partial charge in [0, 0.05) is 6.54 Å². The molecule has 1 aliphatic rings. The average Bonchev–Trinajstić information content (AvgIpc) is 2.98. The van der Waals surface area contributed by atoms with Gasteiger partial charge in [0.2, 0.25) is 5.91 Å². The molecule has 0 saturated heterocycles. The third kappa shape index (κ3) is 4.35. The Bertz CT molecular complexity index is 583. The molecule has 2 amide bonds. The summed E-state index contributed by atoms with van der Waals surface area (Å²) in [5.74, 6) is 0.213. The number of primary amides is 1. The van der Waals surface area contributed by atoms with Crippen molar-refractivity contribution in [2.75, 3.05) is 13.7 Å². The molecule has 0 radical (unpaired) electrons. The summed E-state index contributed by atoms with van der Waals surface area (Å²) in [6, 6.07) is 5.21. The zero-order valence-electron chi connectivity index (χ0n) is 13.3. The summed E-state index contributed by atoms with van der Waals surface area (Å²) in [6.45, 7) is 0.131. The predicted molar refractivity (Wildman–Crippen MR) is 84.9 cm³/mol. The average molecular weight is 321 g/mol. The zero-order valence-corrected chi connectivity index (χ0v) is 13.3. The highest BCUT2D eigenvalue weighted by atomic mass is 16.5. The molecule has 0 spiro atoms. The molecule has 1 aromatic carbocycles. The first-order valence-corrected chi connectivity index (χ1v) is 7.60. The second kappa shape index (κ2) is 7.32. The van der Waals surface area contributed by atoms with Gasteiger partial charge in [0.25, 0.3) is 5.91 Å². The van der Waals surface area contributed by atoms with Crippen LogP contribution in [0.2, 0.25) is 0 Å². The van der Waals surface area contributed by atoms with Gasteiger partial charge < -0.3 is 26.3 Å². The first kappa shape index (κ1) is 17.1. The van der Waals surface area contributed by atoms with Crippen LogP contribution in [0, 0.1) is 0 Å². The monoisotopic (exact) mass is 321 g/mol.